The number of halogens is 1. The zero-order chi connectivity index (χ0) is 29.9. The number of ether oxygens (including phenoxy) is 1. The molecule has 0 spiro atoms. The molecule has 224 valence electrons. The molecule has 2 aromatic heterocycles. The largest absolute Gasteiger partial charge is 0.466 e. The highest BCUT2D eigenvalue weighted by Gasteiger charge is 2.28. The Morgan fingerprint density at radius 1 is 1.07 bits per heavy atom. The lowest BCUT2D eigenvalue weighted by Gasteiger charge is -2.25. The van der Waals surface area contributed by atoms with E-state index in [4.69, 9.17) is 20.9 Å². The number of benzene rings is 3. The molecule has 12 heteroatoms. The van der Waals surface area contributed by atoms with Crippen LogP contribution >= 0.6 is 12.4 Å². The second-order valence-corrected chi connectivity index (χ2v) is 11.7. The highest BCUT2D eigenvalue weighted by Crippen LogP contribution is 2.31. The van der Waals surface area contributed by atoms with Crippen LogP contribution in [-0.4, -0.2) is 47.9 Å². The Hall–Kier alpha value is -4.48. The van der Waals surface area contributed by atoms with Gasteiger partial charge in [0, 0.05) is 43.6 Å². The molecule has 0 aliphatic carbocycles. The fourth-order valence-corrected chi connectivity index (χ4v) is 6.59. The number of pyridine rings is 1. The fraction of sp³-hybridized carbons (Fsp3) is 0.226. The monoisotopic (exact) mass is 620 g/mol. The molecule has 0 atom stereocenters. The number of anilines is 1. The number of nitrogens with zero attached hydrogens (tertiary/aromatic N) is 4. The van der Waals surface area contributed by atoms with E-state index in [0.29, 0.717) is 34.1 Å². The third-order valence-electron chi connectivity index (χ3n) is 7.08. The number of sulfonamides is 1. The summed E-state index contributed by atoms with van der Waals surface area (Å²) in [7, 11) is -2.15. The summed E-state index contributed by atoms with van der Waals surface area (Å²) in [6.45, 7) is 2.07. The number of aromatic nitrogens is 3. The maximum atomic E-state index is 14.2. The fourth-order valence-electron chi connectivity index (χ4n) is 4.93. The standard InChI is InChI=1S/C31H32N6O4S.ClH/c1-3-41-29(38)10-6-18-37(42(39,40)27-9-4-7-22-8-5-17-34-30(22)27)24-15-16-26-25(20-24)35-28(36(26)2)19-21-11-13-23(14-12-21)31(32)33;/h4-5,7-9,11-17,20H,3,6,10,18-19H2,1-2H3,(H3,32,33);1H. The summed E-state index contributed by atoms with van der Waals surface area (Å²) < 4.78 is 36.7. The Bertz CT molecular complexity index is 1890. The number of nitrogens with one attached hydrogen (secondary N) is 1. The van der Waals surface area contributed by atoms with Gasteiger partial charge in [0.05, 0.1) is 28.8 Å². The van der Waals surface area contributed by atoms with Crippen molar-refractivity contribution in [2.45, 2.75) is 31.1 Å². The summed E-state index contributed by atoms with van der Waals surface area (Å²) in [6, 6.07) is 21.5. The lowest BCUT2D eigenvalue weighted by atomic mass is 10.1. The molecule has 5 aromatic rings. The average Bonchev–Trinajstić information content (AvgIpc) is 3.29. The molecule has 5 rings (SSSR count). The van der Waals surface area contributed by atoms with Crippen molar-refractivity contribution >= 4 is 61.9 Å². The number of amidine groups is 1. The molecule has 0 aliphatic heterocycles. The molecule has 3 aromatic carbocycles. The molecule has 0 unspecified atom stereocenters. The van der Waals surface area contributed by atoms with Gasteiger partial charge in [0.25, 0.3) is 10.0 Å². The van der Waals surface area contributed by atoms with E-state index in [2.05, 4.69) is 4.98 Å². The first-order valence-electron chi connectivity index (χ1n) is 13.6. The molecule has 0 bridgehead atoms. The zero-order valence-electron chi connectivity index (χ0n) is 23.9. The predicted octanol–water partition coefficient (Wildman–Crippen LogP) is 4.96. The van der Waals surface area contributed by atoms with E-state index in [0.717, 1.165) is 16.9 Å². The molecule has 0 radical (unpaired) electrons. The second-order valence-electron chi connectivity index (χ2n) is 9.86. The normalized spacial score (nSPS) is 11.3. The van der Waals surface area contributed by atoms with Crippen LogP contribution in [0.2, 0.25) is 0 Å². The number of para-hydroxylation sites is 1. The summed E-state index contributed by atoms with van der Waals surface area (Å²) in [6.07, 6.45) is 2.48. The molecular weight excluding hydrogens is 588 g/mol. The quantitative estimate of drug-likeness (QED) is 0.121. The van der Waals surface area contributed by atoms with Crippen molar-refractivity contribution in [3.63, 3.8) is 0 Å². The second kappa shape index (κ2) is 13.2. The van der Waals surface area contributed by atoms with Gasteiger partial charge in [0.2, 0.25) is 0 Å². The topological polar surface area (TPSA) is 144 Å². The number of fused-ring (bicyclic) bond motifs is 2. The molecule has 43 heavy (non-hydrogen) atoms. The maximum absolute atomic E-state index is 14.2. The third-order valence-corrected chi connectivity index (χ3v) is 8.94. The van der Waals surface area contributed by atoms with Crippen LogP contribution in [0.25, 0.3) is 21.9 Å². The van der Waals surface area contributed by atoms with Crippen molar-refractivity contribution in [1.29, 1.82) is 5.41 Å². The van der Waals surface area contributed by atoms with E-state index in [9.17, 15) is 13.2 Å². The summed E-state index contributed by atoms with van der Waals surface area (Å²) in [4.78, 5) is 21.3. The predicted molar refractivity (Wildman–Crippen MR) is 170 cm³/mol. The van der Waals surface area contributed by atoms with Gasteiger partial charge in [-0.15, -0.1) is 12.4 Å². The van der Waals surface area contributed by atoms with Crippen LogP contribution in [0.4, 0.5) is 5.69 Å². The summed E-state index contributed by atoms with van der Waals surface area (Å²) in [5, 5.41) is 8.31. The van der Waals surface area contributed by atoms with Crippen LogP contribution < -0.4 is 10.0 Å². The SMILES string of the molecule is CCOC(=O)CCCN(c1ccc2c(c1)nc(Cc1ccc(C(=N)N)cc1)n2C)S(=O)(=O)c1cccc2cccnc12.Cl. The Labute approximate surface area is 256 Å². The van der Waals surface area contributed by atoms with E-state index >= 15 is 0 Å². The Morgan fingerprint density at radius 3 is 2.53 bits per heavy atom. The number of esters is 1. The van der Waals surface area contributed by atoms with Gasteiger partial charge in [-0.3, -0.25) is 19.5 Å². The van der Waals surface area contributed by atoms with Gasteiger partial charge < -0.3 is 15.0 Å². The molecule has 2 heterocycles. The van der Waals surface area contributed by atoms with E-state index in [-0.39, 0.29) is 55.1 Å². The van der Waals surface area contributed by atoms with Crippen molar-refractivity contribution in [2.24, 2.45) is 12.8 Å². The van der Waals surface area contributed by atoms with Crippen molar-refractivity contribution in [3.8, 4) is 0 Å². The first kappa shape index (κ1) is 31.5. The van der Waals surface area contributed by atoms with Crippen molar-refractivity contribution in [3.05, 3.63) is 95.9 Å². The van der Waals surface area contributed by atoms with Crippen LogP contribution in [0.3, 0.4) is 0 Å². The van der Waals surface area contributed by atoms with Gasteiger partial charge in [0.1, 0.15) is 16.6 Å². The van der Waals surface area contributed by atoms with Crippen LogP contribution in [-0.2, 0) is 33.0 Å². The van der Waals surface area contributed by atoms with Gasteiger partial charge >= 0.3 is 5.97 Å². The van der Waals surface area contributed by atoms with E-state index in [1.165, 1.54) is 4.31 Å². The smallest absolute Gasteiger partial charge is 0.305 e. The van der Waals surface area contributed by atoms with Crippen molar-refractivity contribution in [2.75, 3.05) is 17.5 Å². The number of carbonyl (C=O) groups is 1. The van der Waals surface area contributed by atoms with Crippen LogP contribution in [0.1, 0.15) is 36.7 Å². The number of imidazole rings is 1. The number of nitrogens with two attached hydrogens (primary N) is 1. The average molecular weight is 621 g/mol. The van der Waals surface area contributed by atoms with Crippen molar-refractivity contribution < 1.29 is 17.9 Å². The lowest BCUT2D eigenvalue weighted by molar-refractivity contribution is -0.143. The molecule has 0 saturated heterocycles. The zero-order valence-corrected chi connectivity index (χ0v) is 25.5. The molecule has 0 fully saturated rings. The highest BCUT2D eigenvalue weighted by atomic mass is 35.5. The molecule has 0 amide bonds. The molecule has 0 saturated carbocycles. The number of rotatable bonds is 11. The number of aryl methyl sites for hydroxylation is 1. The molecule has 10 nitrogen and oxygen atoms in total. The first-order valence-corrected chi connectivity index (χ1v) is 15.0. The van der Waals surface area contributed by atoms with E-state index < -0.39 is 10.0 Å². The Balaban J connectivity index is 0.00000423. The minimum atomic E-state index is -4.07. The summed E-state index contributed by atoms with van der Waals surface area (Å²) >= 11 is 0. The van der Waals surface area contributed by atoms with Gasteiger partial charge in [-0.2, -0.15) is 0 Å². The van der Waals surface area contributed by atoms with Crippen LogP contribution in [0.15, 0.2) is 83.9 Å². The number of nitrogen functional groups attached to an aromatic ring is 1. The highest BCUT2D eigenvalue weighted by molar-refractivity contribution is 7.93. The van der Waals surface area contributed by atoms with Gasteiger partial charge in [-0.05, 0) is 49.2 Å². The summed E-state index contributed by atoms with van der Waals surface area (Å²) in [5.41, 5.74) is 9.55. The minimum absolute atomic E-state index is 0. The van der Waals surface area contributed by atoms with Crippen molar-refractivity contribution in [1.82, 2.24) is 14.5 Å². The summed E-state index contributed by atoms with van der Waals surface area (Å²) in [5.74, 6) is 0.438. The van der Waals surface area contributed by atoms with Crippen LogP contribution in [0, 0.1) is 5.41 Å². The molecule has 3 N–H and O–H groups in total. The molecule has 0 aliphatic rings. The number of carbonyl (C=O) groups excluding carboxylic acids is 1. The number of hydrogen-bond donors (Lipinski definition) is 2. The maximum Gasteiger partial charge on any atom is 0.305 e. The molecular formula is C31H33ClN6O4S. The van der Waals surface area contributed by atoms with E-state index in [1.54, 1.807) is 55.6 Å². The van der Waals surface area contributed by atoms with E-state index in [1.807, 2.05) is 41.9 Å². The minimum Gasteiger partial charge on any atom is -0.466 e. The first-order chi connectivity index (χ1) is 20.2. The number of hydrogen-bond acceptors (Lipinski definition) is 7. The van der Waals surface area contributed by atoms with Crippen LogP contribution in [0.5, 0.6) is 0 Å². The lowest BCUT2D eigenvalue weighted by Crippen LogP contribution is -2.32. The van der Waals surface area contributed by atoms with Gasteiger partial charge in [-0.1, -0.05) is 42.5 Å². The third kappa shape index (κ3) is 6.63. The van der Waals surface area contributed by atoms with Gasteiger partial charge in [0.15, 0.2) is 0 Å². The Kier molecular flexibility index (Phi) is 9.67. The Morgan fingerprint density at radius 2 is 1.81 bits per heavy atom. The van der Waals surface area contributed by atoms with Gasteiger partial charge in [-0.25, -0.2) is 13.4 Å².